The van der Waals surface area contributed by atoms with Gasteiger partial charge in [0.1, 0.15) is 5.69 Å². The Hall–Kier alpha value is -1.13. The van der Waals surface area contributed by atoms with Crippen molar-refractivity contribution >= 4 is 40.2 Å². The first-order valence-electron chi connectivity index (χ1n) is 6.80. The summed E-state index contributed by atoms with van der Waals surface area (Å²) in [5, 5.41) is 1.52. The maximum atomic E-state index is 12.8. The van der Waals surface area contributed by atoms with E-state index in [4.69, 9.17) is 11.6 Å². The van der Waals surface area contributed by atoms with Gasteiger partial charge in [0, 0.05) is 36.8 Å². The lowest BCUT2D eigenvalue weighted by Gasteiger charge is -2.20. The number of benzene rings is 1. The molecule has 106 valence electrons. The molecule has 0 saturated carbocycles. The number of hydrogen-bond acceptors (Lipinski definition) is 2. The Morgan fingerprint density at radius 1 is 1.25 bits per heavy atom. The summed E-state index contributed by atoms with van der Waals surface area (Å²) in [6.07, 6.45) is 1.05. The molecule has 0 unspecified atom stereocenters. The minimum atomic E-state index is 0.0520. The second-order valence-electron chi connectivity index (χ2n) is 5.00. The lowest BCUT2D eigenvalue weighted by atomic mass is 10.2. The summed E-state index contributed by atoms with van der Waals surface area (Å²) in [6.45, 7) is 1.63. The molecule has 2 heterocycles. The zero-order chi connectivity index (χ0) is 14.1. The lowest BCUT2D eigenvalue weighted by molar-refractivity contribution is 0.0759. The molecule has 20 heavy (non-hydrogen) atoms. The highest BCUT2D eigenvalue weighted by atomic mass is 35.5. The highest BCUT2D eigenvalue weighted by Gasteiger charge is 2.24. The Labute approximate surface area is 127 Å². The Balaban J connectivity index is 2.02. The first-order chi connectivity index (χ1) is 9.70. The van der Waals surface area contributed by atoms with E-state index in [0.717, 1.165) is 41.9 Å². The number of para-hydroxylation sites is 1. The Morgan fingerprint density at radius 3 is 2.85 bits per heavy atom. The second-order valence-corrected chi connectivity index (χ2v) is 6.60. The van der Waals surface area contributed by atoms with E-state index in [9.17, 15) is 4.79 Å². The average Bonchev–Trinajstić information content (AvgIpc) is 2.68. The van der Waals surface area contributed by atoms with Crippen LogP contribution < -0.4 is 0 Å². The molecule has 5 heteroatoms. The van der Waals surface area contributed by atoms with Crippen molar-refractivity contribution in [3.8, 4) is 0 Å². The molecule has 1 aliphatic rings. The van der Waals surface area contributed by atoms with Gasteiger partial charge in [-0.1, -0.05) is 29.8 Å². The normalized spacial score (nSPS) is 16.4. The number of aryl methyl sites for hydroxylation is 1. The van der Waals surface area contributed by atoms with E-state index in [1.165, 1.54) is 0 Å². The molecule has 0 aliphatic carbocycles. The molecule has 1 amide bonds. The first kappa shape index (κ1) is 13.8. The molecule has 0 N–H and O–H groups in total. The van der Waals surface area contributed by atoms with Gasteiger partial charge in [0.05, 0.1) is 5.02 Å². The minimum absolute atomic E-state index is 0.0520. The van der Waals surface area contributed by atoms with E-state index in [2.05, 4.69) is 0 Å². The van der Waals surface area contributed by atoms with Crippen molar-refractivity contribution < 1.29 is 4.79 Å². The maximum absolute atomic E-state index is 12.8. The molecular formula is C15H17ClN2OS. The predicted octanol–water partition coefficient (Wildman–Crippen LogP) is 3.41. The lowest BCUT2D eigenvalue weighted by Crippen LogP contribution is -2.34. The molecule has 1 aromatic heterocycles. The number of carbonyl (C=O) groups excluding carboxylic acids is 1. The third-order valence-corrected chi connectivity index (χ3v) is 5.19. The zero-order valence-corrected chi connectivity index (χ0v) is 13.0. The van der Waals surface area contributed by atoms with Gasteiger partial charge in [-0.2, -0.15) is 11.8 Å². The molecule has 3 rings (SSSR count). The molecule has 1 aromatic carbocycles. The van der Waals surface area contributed by atoms with Crippen molar-refractivity contribution in [3.63, 3.8) is 0 Å². The van der Waals surface area contributed by atoms with E-state index in [0.29, 0.717) is 10.7 Å². The van der Waals surface area contributed by atoms with Crippen LogP contribution in [0.4, 0.5) is 0 Å². The van der Waals surface area contributed by atoms with Crippen molar-refractivity contribution in [2.24, 2.45) is 7.05 Å². The van der Waals surface area contributed by atoms with Crippen molar-refractivity contribution in [2.45, 2.75) is 6.42 Å². The first-order valence-corrected chi connectivity index (χ1v) is 8.33. The molecule has 2 aromatic rings. The van der Waals surface area contributed by atoms with Crippen LogP contribution in [-0.2, 0) is 7.05 Å². The van der Waals surface area contributed by atoms with Gasteiger partial charge in [0.15, 0.2) is 0 Å². The maximum Gasteiger partial charge on any atom is 0.272 e. The molecular weight excluding hydrogens is 292 g/mol. The molecule has 1 aliphatic heterocycles. The average molecular weight is 309 g/mol. The number of aromatic nitrogens is 1. The number of halogens is 1. The number of nitrogens with zero attached hydrogens (tertiary/aromatic N) is 2. The Bertz CT molecular complexity index is 606. The van der Waals surface area contributed by atoms with Crippen LogP contribution in [0.5, 0.6) is 0 Å². The fourth-order valence-electron chi connectivity index (χ4n) is 2.68. The van der Waals surface area contributed by atoms with Crippen LogP contribution in [0.25, 0.3) is 10.9 Å². The van der Waals surface area contributed by atoms with Crippen LogP contribution in [-0.4, -0.2) is 40.0 Å². The monoisotopic (exact) mass is 308 g/mol. The summed E-state index contributed by atoms with van der Waals surface area (Å²) >= 11 is 8.36. The Morgan fingerprint density at radius 2 is 2.05 bits per heavy atom. The topological polar surface area (TPSA) is 25.2 Å². The predicted molar refractivity (Wildman–Crippen MR) is 85.8 cm³/mol. The van der Waals surface area contributed by atoms with E-state index in [1.54, 1.807) is 0 Å². The summed E-state index contributed by atoms with van der Waals surface area (Å²) in [5.74, 6) is 2.19. The van der Waals surface area contributed by atoms with Crippen LogP contribution in [0.15, 0.2) is 24.3 Å². The fraction of sp³-hybridized carbons (Fsp3) is 0.400. The van der Waals surface area contributed by atoms with E-state index in [1.807, 2.05) is 52.5 Å². The third kappa shape index (κ3) is 2.31. The largest absolute Gasteiger partial charge is 0.338 e. The number of amides is 1. The number of rotatable bonds is 1. The van der Waals surface area contributed by atoms with Gasteiger partial charge in [-0.25, -0.2) is 0 Å². The second kappa shape index (κ2) is 5.70. The quantitative estimate of drug-likeness (QED) is 0.806. The van der Waals surface area contributed by atoms with Gasteiger partial charge in [-0.3, -0.25) is 4.79 Å². The van der Waals surface area contributed by atoms with E-state index in [-0.39, 0.29) is 5.91 Å². The van der Waals surface area contributed by atoms with Gasteiger partial charge in [0.2, 0.25) is 0 Å². The van der Waals surface area contributed by atoms with Crippen LogP contribution in [0.2, 0.25) is 5.02 Å². The molecule has 3 nitrogen and oxygen atoms in total. The molecule has 1 saturated heterocycles. The summed E-state index contributed by atoms with van der Waals surface area (Å²) in [4.78, 5) is 14.7. The summed E-state index contributed by atoms with van der Waals surface area (Å²) in [5.41, 5.74) is 1.62. The SMILES string of the molecule is Cn1c(C(=O)N2CCCSCC2)c(Cl)c2ccccc21. The fourth-order valence-corrected chi connectivity index (χ4v) is 3.94. The summed E-state index contributed by atoms with van der Waals surface area (Å²) < 4.78 is 1.91. The van der Waals surface area contributed by atoms with Crippen LogP contribution >= 0.6 is 23.4 Å². The van der Waals surface area contributed by atoms with Gasteiger partial charge in [-0.15, -0.1) is 0 Å². The highest BCUT2D eigenvalue weighted by molar-refractivity contribution is 7.99. The molecule has 0 bridgehead atoms. The van der Waals surface area contributed by atoms with Crippen molar-refractivity contribution in [1.82, 2.24) is 9.47 Å². The van der Waals surface area contributed by atoms with Crippen molar-refractivity contribution in [3.05, 3.63) is 35.0 Å². The van der Waals surface area contributed by atoms with Gasteiger partial charge < -0.3 is 9.47 Å². The molecule has 0 atom stereocenters. The number of carbonyl (C=O) groups is 1. The minimum Gasteiger partial charge on any atom is -0.338 e. The molecule has 1 fully saturated rings. The molecule has 0 radical (unpaired) electrons. The number of hydrogen-bond donors (Lipinski definition) is 0. The van der Waals surface area contributed by atoms with Gasteiger partial charge in [0.25, 0.3) is 5.91 Å². The summed E-state index contributed by atoms with van der Waals surface area (Å²) in [6, 6.07) is 7.88. The van der Waals surface area contributed by atoms with E-state index >= 15 is 0 Å². The van der Waals surface area contributed by atoms with Crippen molar-refractivity contribution in [1.29, 1.82) is 0 Å². The van der Waals surface area contributed by atoms with Crippen LogP contribution in [0.1, 0.15) is 16.9 Å². The van der Waals surface area contributed by atoms with Gasteiger partial charge in [-0.05, 0) is 18.2 Å². The van der Waals surface area contributed by atoms with Gasteiger partial charge >= 0.3 is 0 Å². The standard InChI is InChI=1S/C15H17ClN2OS/c1-17-12-6-3-2-5-11(12)13(16)14(17)15(19)18-7-4-9-20-10-8-18/h2-3,5-6H,4,7-10H2,1H3. The van der Waals surface area contributed by atoms with Crippen molar-refractivity contribution in [2.75, 3.05) is 24.6 Å². The number of thioether (sulfide) groups is 1. The Kier molecular flexibility index (Phi) is 3.94. The zero-order valence-electron chi connectivity index (χ0n) is 11.4. The van der Waals surface area contributed by atoms with E-state index < -0.39 is 0 Å². The smallest absolute Gasteiger partial charge is 0.272 e. The summed E-state index contributed by atoms with van der Waals surface area (Å²) in [7, 11) is 1.91. The number of fused-ring (bicyclic) bond motifs is 1. The van der Waals surface area contributed by atoms with Crippen LogP contribution in [0, 0.1) is 0 Å². The third-order valence-electron chi connectivity index (χ3n) is 3.76. The highest BCUT2D eigenvalue weighted by Crippen LogP contribution is 2.30. The van der Waals surface area contributed by atoms with Crippen LogP contribution in [0.3, 0.4) is 0 Å². The molecule has 0 spiro atoms.